The van der Waals surface area contributed by atoms with Crippen molar-refractivity contribution >= 4 is 32.8 Å². The molecule has 1 atom stereocenters. The lowest BCUT2D eigenvalue weighted by molar-refractivity contribution is 0.0624. The van der Waals surface area contributed by atoms with Gasteiger partial charge in [0, 0.05) is 41.1 Å². The van der Waals surface area contributed by atoms with Crippen LogP contribution in [0.3, 0.4) is 0 Å². The van der Waals surface area contributed by atoms with Crippen molar-refractivity contribution < 1.29 is 9.21 Å². The maximum absolute atomic E-state index is 12.7. The van der Waals surface area contributed by atoms with Gasteiger partial charge in [-0.2, -0.15) is 0 Å². The Kier molecular flexibility index (Phi) is 3.56. The molecule has 1 aliphatic heterocycles. The third kappa shape index (κ3) is 2.25. The molecule has 1 unspecified atom stereocenters. The van der Waals surface area contributed by atoms with Crippen LogP contribution in [0.2, 0.25) is 0 Å². The SMILES string of the molecule is Cc1c(C(=O)N2CCNCC2C)oc2ccc(Br)cc12. The van der Waals surface area contributed by atoms with Crippen LogP contribution < -0.4 is 5.32 Å². The molecule has 4 nitrogen and oxygen atoms in total. The second-order valence-electron chi connectivity index (χ2n) is 5.25. The van der Waals surface area contributed by atoms with Gasteiger partial charge in [-0.05, 0) is 32.0 Å². The van der Waals surface area contributed by atoms with Crippen LogP contribution in [-0.2, 0) is 0 Å². The summed E-state index contributed by atoms with van der Waals surface area (Å²) in [6.45, 7) is 6.38. The van der Waals surface area contributed by atoms with Crippen LogP contribution in [0, 0.1) is 6.92 Å². The van der Waals surface area contributed by atoms with Crippen LogP contribution in [-0.4, -0.2) is 36.5 Å². The average Bonchev–Trinajstić information content (AvgIpc) is 2.76. The predicted octanol–water partition coefficient (Wildman–Crippen LogP) is 2.94. The van der Waals surface area contributed by atoms with Gasteiger partial charge in [0.05, 0.1) is 0 Å². The Balaban J connectivity index is 2.01. The molecular formula is C15H17BrN2O2. The number of furan rings is 1. The van der Waals surface area contributed by atoms with Crippen molar-refractivity contribution in [2.75, 3.05) is 19.6 Å². The zero-order valence-electron chi connectivity index (χ0n) is 11.6. The van der Waals surface area contributed by atoms with Gasteiger partial charge in [-0.15, -0.1) is 0 Å². The summed E-state index contributed by atoms with van der Waals surface area (Å²) in [6.07, 6.45) is 0. The topological polar surface area (TPSA) is 45.5 Å². The maximum atomic E-state index is 12.7. The summed E-state index contributed by atoms with van der Waals surface area (Å²) in [7, 11) is 0. The van der Waals surface area contributed by atoms with E-state index in [1.54, 1.807) is 0 Å². The Morgan fingerprint density at radius 2 is 2.30 bits per heavy atom. The van der Waals surface area contributed by atoms with Crippen molar-refractivity contribution in [3.63, 3.8) is 0 Å². The van der Waals surface area contributed by atoms with E-state index in [0.29, 0.717) is 5.76 Å². The fourth-order valence-corrected chi connectivity index (χ4v) is 3.03. The molecular weight excluding hydrogens is 320 g/mol. The molecule has 20 heavy (non-hydrogen) atoms. The number of rotatable bonds is 1. The predicted molar refractivity (Wildman–Crippen MR) is 82.0 cm³/mol. The minimum Gasteiger partial charge on any atom is -0.451 e. The molecule has 1 saturated heterocycles. The molecule has 1 aromatic heterocycles. The smallest absolute Gasteiger partial charge is 0.290 e. The molecule has 106 valence electrons. The summed E-state index contributed by atoms with van der Waals surface area (Å²) >= 11 is 3.45. The van der Waals surface area contributed by atoms with Crippen LogP contribution in [0.15, 0.2) is 27.1 Å². The van der Waals surface area contributed by atoms with Crippen molar-refractivity contribution in [2.45, 2.75) is 19.9 Å². The van der Waals surface area contributed by atoms with Gasteiger partial charge in [0.1, 0.15) is 5.58 Å². The first kappa shape index (κ1) is 13.6. The van der Waals surface area contributed by atoms with Gasteiger partial charge in [-0.3, -0.25) is 4.79 Å². The standard InChI is InChI=1S/C15H17BrN2O2/c1-9-8-17-5-6-18(9)15(19)14-10(2)12-7-11(16)3-4-13(12)20-14/h3-4,7,9,17H,5-6,8H2,1-2H3. The lowest BCUT2D eigenvalue weighted by atomic mass is 10.1. The van der Waals surface area contributed by atoms with E-state index in [9.17, 15) is 4.79 Å². The molecule has 0 bridgehead atoms. The molecule has 1 N–H and O–H groups in total. The van der Waals surface area contributed by atoms with Crippen LogP contribution in [0.25, 0.3) is 11.0 Å². The summed E-state index contributed by atoms with van der Waals surface area (Å²) in [6, 6.07) is 6.00. The van der Waals surface area contributed by atoms with Gasteiger partial charge >= 0.3 is 0 Å². The highest BCUT2D eigenvalue weighted by Crippen LogP contribution is 2.29. The Hall–Kier alpha value is -1.33. The van der Waals surface area contributed by atoms with E-state index >= 15 is 0 Å². The monoisotopic (exact) mass is 336 g/mol. The Morgan fingerprint density at radius 1 is 1.50 bits per heavy atom. The van der Waals surface area contributed by atoms with Gasteiger partial charge in [-0.1, -0.05) is 15.9 Å². The number of benzene rings is 1. The second-order valence-corrected chi connectivity index (χ2v) is 6.16. The highest BCUT2D eigenvalue weighted by atomic mass is 79.9. The number of halogens is 1. The van der Waals surface area contributed by atoms with Gasteiger partial charge in [-0.25, -0.2) is 0 Å². The first-order chi connectivity index (χ1) is 9.58. The van der Waals surface area contributed by atoms with Crippen LogP contribution in [0.1, 0.15) is 23.0 Å². The van der Waals surface area contributed by atoms with E-state index in [1.165, 1.54) is 0 Å². The Labute approximate surface area is 126 Å². The van der Waals surface area contributed by atoms with E-state index in [4.69, 9.17) is 4.42 Å². The van der Waals surface area contributed by atoms with Crippen LogP contribution in [0.4, 0.5) is 0 Å². The van der Waals surface area contributed by atoms with Crippen molar-refractivity contribution in [3.05, 3.63) is 34.0 Å². The average molecular weight is 337 g/mol. The molecule has 1 amide bonds. The summed E-state index contributed by atoms with van der Waals surface area (Å²) in [5.74, 6) is 0.454. The van der Waals surface area contributed by atoms with E-state index < -0.39 is 0 Å². The zero-order valence-corrected chi connectivity index (χ0v) is 13.2. The van der Waals surface area contributed by atoms with Crippen molar-refractivity contribution in [1.82, 2.24) is 10.2 Å². The molecule has 1 aromatic carbocycles. The molecule has 0 radical (unpaired) electrons. The molecule has 5 heteroatoms. The third-order valence-electron chi connectivity index (χ3n) is 3.85. The first-order valence-corrected chi connectivity index (χ1v) is 7.57. The van der Waals surface area contributed by atoms with E-state index in [-0.39, 0.29) is 11.9 Å². The number of carbonyl (C=O) groups excluding carboxylic acids is 1. The van der Waals surface area contributed by atoms with Crippen molar-refractivity contribution in [2.24, 2.45) is 0 Å². The number of aryl methyl sites for hydroxylation is 1. The molecule has 1 fully saturated rings. The quantitative estimate of drug-likeness (QED) is 0.870. The normalized spacial score (nSPS) is 19.6. The summed E-state index contributed by atoms with van der Waals surface area (Å²) in [5, 5.41) is 4.28. The van der Waals surface area contributed by atoms with E-state index in [1.807, 2.05) is 30.0 Å². The zero-order chi connectivity index (χ0) is 14.3. The highest BCUT2D eigenvalue weighted by molar-refractivity contribution is 9.10. The van der Waals surface area contributed by atoms with Crippen LogP contribution in [0.5, 0.6) is 0 Å². The lowest BCUT2D eigenvalue weighted by Gasteiger charge is -2.33. The number of carbonyl (C=O) groups is 1. The van der Waals surface area contributed by atoms with Gasteiger partial charge in [0.25, 0.3) is 5.91 Å². The minimum atomic E-state index is -0.0103. The maximum Gasteiger partial charge on any atom is 0.290 e. The summed E-state index contributed by atoms with van der Waals surface area (Å²) < 4.78 is 6.77. The number of hydrogen-bond acceptors (Lipinski definition) is 3. The Bertz CT molecular complexity index is 665. The van der Waals surface area contributed by atoms with Gasteiger partial charge < -0.3 is 14.6 Å². The molecule has 2 heterocycles. The van der Waals surface area contributed by atoms with Gasteiger partial charge in [0.15, 0.2) is 5.76 Å². The fourth-order valence-electron chi connectivity index (χ4n) is 2.67. The number of fused-ring (bicyclic) bond motifs is 1. The largest absolute Gasteiger partial charge is 0.451 e. The summed E-state index contributed by atoms with van der Waals surface area (Å²) in [4.78, 5) is 14.6. The lowest BCUT2D eigenvalue weighted by Crippen LogP contribution is -2.52. The fraction of sp³-hybridized carbons (Fsp3) is 0.400. The molecule has 0 aliphatic carbocycles. The van der Waals surface area contributed by atoms with Crippen LogP contribution >= 0.6 is 15.9 Å². The van der Waals surface area contributed by atoms with Crippen molar-refractivity contribution in [3.8, 4) is 0 Å². The molecule has 0 spiro atoms. The molecule has 0 saturated carbocycles. The van der Waals surface area contributed by atoms with E-state index in [0.717, 1.165) is 40.6 Å². The minimum absolute atomic E-state index is 0.0103. The third-order valence-corrected chi connectivity index (χ3v) is 4.35. The number of nitrogens with one attached hydrogen (secondary N) is 1. The summed E-state index contributed by atoms with van der Waals surface area (Å²) in [5.41, 5.74) is 1.67. The number of piperazine rings is 1. The number of hydrogen-bond donors (Lipinski definition) is 1. The second kappa shape index (κ2) is 5.22. The first-order valence-electron chi connectivity index (χ1n) is 6.78. The molecule has 1 aliphatic rings. The number of nitrogens with zero attached hydrogens (tertiary/aromatic N) is 1. The molecule has 2 aromatic rings. The molecule has 3 rings (SSSR count). The van der Waals surface area contributed by atoms with Crippen molar-refractivity contribution in [1.29, 1.82) is 0 Å². The Morgan fingerprint density at radius 3 is 3.05 bits per heavy atom. The van der Waals surface area contributed by atoms with E-state index in [2.05, 4.69) is 28.2 Å². The number of amides is 1. The highest BCUT2D eigenvalue weighted by Gasteiger charge is 2.28. The van der Waals surface area contributed by atoms with Gasteiger partial charge in [0.2, 0.25) is 0 Å².